The van der Waals surface area contributed by atoms with Crippen molar-refractivity contribution in [2.24, 2.45) is 0 Å². The highest BCUT2D eigenvalue weighted by Gasteiger charge is 2.49. The summed E-state index contributed by atoms with van der Waals surface area (Å²) in [6, 6.07) is -0.938. The van der Waals surface area contributed by atoms with Gasteiger partial charge in [-0.2, -0.15) is 13.2 Å². The van der Waals surface area contributed by atoms with Crippen LogP contribution in [0, 0.1) is 0 Å². The number of rotatable bonds is 3. The van der Waals surface area contributed by atoms with E-state index in [0.29, 0.717) is 58.2 Å². The summed E-state index contributed by atoms with van der Waals surface area (Å²) in [7, 11) is 3.94. The lowest BCUT2D eigenvalue weighted by Crippen LogP contribution is -2.55. The fourth-order valence-corrected chi connectivity index (χ4v) is 4.42. The molecule has 3 aliphatic rings. The zero-order valence-electron chi connectivity index (χ0n) is 16.5. The highest BCUT2D eigenvalue weighted by Crippen LogP contribution is 2.30. The van der Waals surface area contributed by atoms with Crippen LogP contribution in [0.2, 0.25) is 0 Å². The standard InChI is InChI=1S/C18H29F3N4O3/c1-22(2)14-3-7-23(11-14)17(27)24-8-4-15(12-24)25(16(26)18(19,20)21)13-5-9-28-10-6-13/h13-15H,3-12H2,1-2H3. The number of amides is 3. The summed E-state index contributed by atoms with van der Waals surface area (Å²) >= 11 is 0. The number of ether oxygens (including phenoxy) is 1. The number of alkyl halides is 3. The molecule has 10 heteroatoms. The van der Waals surface area contributed by atoms with Gasteiger partial charge in [-0.25, -0.2) is 4.79 Å². The normalized spacial score (nSPS) is 26.9. The number of hydrogen-bond donors (Lipinski definition) is 0. The number of carbonyl (C=O) groups excluding carboxylic acids is 2. The van der Waals surface area contributed by atoms with Crippen LogP contribution in [0.4, 0.5) is 18.0 Å². The van der Waals surface area contributed by atoms with E-state index in [1.165, 1.54) is 0 Å². The minimum atomic E-state index is -4.91. The summed E-state index contributed by atoms with van der Waals surface area (Å²) in [5.74, 6) is -1.80. The van der Waals surface area contributed by atoms with Crippen LogP contribution in [-0.2, 0) is 9.53 Å². The third kappa shape index (κ3) is 4.53. The Morgan fingerprint density at radius 2 is 1.43 bits per heavy atom. The van der Waals surface area contributed by atoms with Crippen molar-refractivity contribution in [2.75, 3.05) is 53.5 Å². The van der Waals surface area contributed by atoms with E-state index >= 15 is 0 Å². The summed E-state index contributed by atoms with van der Waals surface area (Å²) < 4.78 is 44.9. The Bertz CT molecular complexity index is 581. The average molecular weight is 406 g/mol. The number of likely N-dealkylation sites (N-methyl/N-ethyl adjacent to an activating group) is 1. The molecule has 160 valence electrons. The van der Waals surface area contributed by atoms with Gasteiger partial charge < -0.3 is 24.3 Å². The van der Waals surface area contributed by atoms with Gasteiger partial charge >= 0.3 is 18.1 Å². The molecule has 2 unspecified atom stereocenters. The van der Waals surface area contributed by atoms with Crippen LogP contribution in [0.3, 0.4) is 0 Å². The summed E-state index contributed by atoms with van der Waals surface area (Å²) in [6.07, 6.45) is -2.87. The highest BCUT2D eigenvalue weighted by atomic mass is 19.4. The van der Waals surface area contributed by atoms with Crippen LogP contribution < -0.4 is 0 Å². The maximum Gasteiger partial charge on any atom is 0.471 e. The maximum absolute atomic E-state index is 13.2. The van der Waals surface area contributed by atoms with Crippen molar-refractivity contribution in [2.45, 2.75) is 50.0 Å². The molecule has 3 heterocycles. The monoisotopic (exact) mass is 406 g/mol. The average Bonchev–Trinajstić information content (AvgIpc) is 3.31. The zero-order valence-corrected chi connectivity index (χ0v) is 16.5. The molecule has 0 aromatic heterocycles. The fraction of sp³-hybridized carbons (Fsp3) is 0.889. The molecule has 3 aliphatic heterocycles. The van der Waals surface area contributed by atoms with E-state index in [1.807, 2.05) is 14.1 Å². The van der Waals surface area contributed by atoms with E-state index in [0.717, 1.165) is 11.3 Å². The molecular formula is C18H29F3N4O3. The zero-order chi connectivity index (χ0) is 20.5. The van der Waals surface area contributed by atoms with Gasteiger partial charge in [0, 0.05) is 51.5 Å². The summed E-state index contributed by atoms with van der Waals surface area (Å²) in [5.41, 5.74) is 0. The maximum atomic E-state index is 13.2. The topological polar surface area (TPSA) is 56.3 Å². The van der Waals surface area contributed by atoms with Gasteiger partial charge in [-0.15, -0.1) is 0 Å². The van der Waals surface area contributed by atoms with Crippen LogP contribution in [0.5, 0.6) is 0 Å². The van der Waals surface area contributed by atoms with Crippen LogP contribution in [0.15, 0.2) is 0 Å². The molecule has 28 heavy (non-hydrogen) atoms. The largest absolute Gasteiger partial charge is 0.471 e. The molecule has 7 nitrogen and oxygen atoms in total. The van der Waals surface area contributed by atoms with Crippen LogP contribution in [0.25, 0.3) is 0 Å². The predicted octanol–water partition coefficient (Wildman–Crippen LogP) is 1.39. The fourth-order valence-electron chi connectivity index (χ4n) is 4.42. The second kappa shape index (κ2) is 8.44. The lowest BCUT2D eigenvalue weighted by atomic mass is 10.0. The quantitative estimate of drug-likeness (QED) is 0.711. The van der Waals surface area contributed by atoms with Gasteiger partial charge in [0.2, 0.25) is 0 Å². The van der Waals surface area contributed by atoms with E-state index in [1.54, 1.807) is 9.80 Å². The second-order valence-corrected chi connectivity index (χ2v) is 8.08. The molecular weight excluding hydrogens is 377 g/mol. The molecule has 0 aromatic rings. The molecule has 3 amide bonds. The van der Waals surface area contributed by atoms with E-state index in [4.69, 9.17) is 4.74 Å². The molecule has 0 bridgehead atoms. The Kier molecular flexibility index (Phi) is 6.38. The van der Waals surface area contributed by atoms with E-state index in [-0.39, 0.29) is 12.6 Å². The predicted molar refractivity (Wildman–Crippen MR) is 95.8 cm³/mol. The molecule has 0 N–H and O–H groups in total. The molecule has 0 saturated carbocycles. The van der Waals surface area contributed by atoms with Crippen molar-refractivity contribution in [3.8, 4) is 0 Å². The summed E-state index contributed by atoms with van der Waals surface area (Å²) in [4.78, 5) is 31.4. The van der Waals surface area contributed by atoms with Gasteiger partial charge in [0.05, 0.1) is 6.04 Å². The Balaban J connectivity index is 1.66. The molecule has 3 fully saturated rings. The SMILES string of the molecule is CN(C)C1CCN(C(=O)N2CCC(N(C(=O)C(F)(F)F)C3CCOCC3)C2)C1. The van der Waals surface area contributed by atoms with Crippen molar-refractivity contribution in [3.63, 3.8) is 0 Å². The summed E-state index contributed by atoms with van der Waals surface area (Å²) in [6.45, 7) is 2.49. The Morgan fingerprint density at radius 3 is 1.93 bits per heavy atom. The second-order valence-electron chi connectivity index (χ2n) is 8.08. The van der Waals surface area contributed by atoms with Gasteiger partial charge in [0.1, 0.15) is 0 Å². The number of urea groups is 1. The minimum Gasteiger partial charge on any atom is -0.381 e. The van der Waals surface area contributed by atoms with Crippen molar-refractivity contribution in [1.29, 1.82) is 0 Å². The molecule has 3 rings (SSSR count). The lowest BCUT2D eigenvalue weighted by Gasteiger charge is -2.38. The Labute approximate surface area is 163 Å². The number of halogens is 3. The van der Waals surface area contributed by atoms with E-state index < -0.39 is 24.2 Å². The van der Waals surface area contributed by atoms with Gasteiger partial charge in [-0.3, -0.25) is 4.79 Å². The van der Waals surface area contributed by atoms with E-state index in [2.05, 4.69) is 4.90 Å². The van der Waals surface area contributed by atoms with E-state index in [9.17, 15) is 22.8 Å². The van der Waals surface area contributed by atoms with Crippen molar-refractivity contribution in [3.05, 3.63) is 0 Å². The highest BCUT2D eigenvalue weighted by molar-refractivity contribution is 5.83. The first kappa shape index (κ1) is 21.2. The van der Waals surface area contributed by atoms with Gasteiger partial charge in [0.25, 0.3) is 0 Å². The number of hydrogen-bond acceptors (Lipinski definition) is 4. The molecule has 2 atom stereocenters. The molecule has 3 saturated heterocycles. The third-order valence-electron chi connectivity index (χ3n) is 6.05. The van der Waals surface area contributed by atoms with Crippen LogP contribution in [0.1, 0.15) is 25.7 Å². The number of likely N-dealkylation sites (tertiary alicyclic amines) is 2. The Morgan fingerprint density at radius 1 is 0.893 bits per heavy atom. The Hall–Kier alpha value is -1.55. The third-order valence-corrected chi connectivity index (χ3v) is 6.05. The van der Waals surface area contributed by atoms with Gasteiger partial charge in [0.15, 0.2) is 0 Å². The molecule has 0 radical (unpaired) electrons. The molecule has 0 aliphatic carbocycles. The first-order chi connectivity index (χ1) is 13.2. The first-order valence-corrected chi connectivity index (χ1v) is 9.86. The number of carbonyl (C=O) groups is 2. The first-order valence-electron chi connectivity index (χ1n) is 9.86. The summed E-state index contributed by atoms with van der Waals surface area (Å²) in [5, 5.41) is 0. The smallest absolute Gasteiger partial charge is 0.381 e. The lowest BCUT2D eigenvalue weighted by molar-refractivity contribution is -0.192. The van der Waals surface area contributed by atoms with Crippen molar-refractivity contribution >= 4 is 11.9 Å². The van der Waals surface area contributed by atoms with Gasteiger partial charge in [-0.1, -0.05) is 0 Å². The van der Waals surface area contributed by atoms with Crippen molar-refractivity contribution in [1.82, 2.24) is 19.6 Å². The number of nitrogens with zero attached hydrogens (tertiary/aromatic N) is 4. The van der Waals surface area contributed by atoms with Gasteiger partial charge in [-0.05, 0) is 39.8 Å². The minimum absolute atomic E-state index is 0.141. The molecule has 0 aromatic carbocycles. The van der Waals surface area contributed by atoms with Crippen LogP contribution >= 0.6 is 0 Å². The molecule has 0 spiro atoms. The van der Waals surface area contributed by atoms with Crippen LogP contribution in [-0.4, -0.2) is 109 Å². The van der Waals surface area contributed by atoms with Crippen molar-refractivity contribution < 1.29 is 27.5 Å².